The van der Waals surface area contributed by atoms with Crippen LogP contribution in [-0.4, -0.2) is 59.9 Å². The van der Waals surface area contributed by atoms with Crippen LogP contribution in [0, 0.1) is 0 Å². The molecular weight excluding hydrogens is 346 g/mol. The Balaban J connectivity index is 1.23. The molecule has 8 nitrogen and oxygen atoms in total. The number of imidazole rings is 1. The number of carbonyl (C=O) groups excluding carboxylic acids is 1. The normalized spacial score (nSPS) is 16.6. The van der Waals surface area contributed by atoms with Gasteiger partial charge in [-0.3, -0.25) is 9.69 Å². The lowest BCUT2D eigenvalue weighted by Gasteiger charge is -2.35. The van der Waals surface area contributed by atoms with Crippen LogP contribution in [0.3, 0.4) is 0 Å². The zero-order chi connectivity index (χ0) is 18.6. The smallest absolute Gasteiger partial charge is 0.234 e. The van der Waals surface area contributed by atoms with E-state index in [1.807, 2.05) is 30.6 Å². The molecule has 8 heteroatoms. The van der Waals surface area contributed by atoms with E-state index in [9.17, 15) is 4.79 Å². The van der Waals surface area contributed by atoms with Crippen molar-refractivity contribution < 1.29 is 14.3 Å². The fourth-order valence-corrected chi connectivity index (χ4v) is 3.45. The summed E-state index contributed by atoms with van der Waals surface area (Å²) in [6, 6.07) is 5.74. The number of nitrogens with one attached hydrogen (secondary N) is 1. The Morgan fingerprint density at radius 2 is 2.00 bits per heavy atom. The molecule has 2 aliphatic rings. The summed E-state index contributed by atoms with van der Waals surface area (Å²) in [5.74, 6) is 2.55. The molecule has 0 atom stereocenters. The van der Waals surface area contributed by atoms with Gasteiger partial charge in [0.05, 0.1) is 6.54 Å². The molecule has 1 aromatic carbocycles. The predicted molar refractivity (Wildman–Crippen MR) is 101 cm³/mol. The molecule has 1 N–H and O–H groups in total. The Morgan fingerprint density at radius 3 is 2.81 bits per heavy atom. The van der Waals surface area contributed by atoms with E-state index in [2.05, 4.69) is 31.6 Å². The first-order chi connectivity index (χ1) is 13.2. The molecule has 0 aliphatic carbocycles. The van der Waals surface area contributed by atoms with Crippen molar-refractivity contribution in [3.63, 3.8) is 0 Å². The van der Waals surface area contributed by atoms with E-state index in [1.54, 1.807) is 0 Å². The number of piperazine rings is 1. The van der Waals surface area contributed by atoms with E-state index in [1.165, 1.54) is 0 Å². The third-order valence-electron chi connectivity index (χ3n) is 4.98. The highest BCUT2D eigenvalue weighted by Gasteiger charge is 2.21. The number of hydrogen-bond acceptors (Lipinski definition) is 6. The van der Waals surface area contributed by atoms with Gasteiger partial charge in [-0.25, -0.2) is 4.98 Å². The topological polar surface area (TPSA) is 71.9 Å². The van der Waals surface area contributed by atoms with Crippen LogP contribution in [0.1, 0.15) is 12.5 Å². The van der Waals surface area contributed by atoms with Crippen molar-refractivity contribution in [2.45, 2.75) is 20.0 Å². The molecule has 3 heterocycles. The number of amides is 1. The summed E-state index contributed by atoms with van der Waals surface area (Å²) in [5, 5.41) is 2.99. The highest BCUT2D eigenvalue weighted by Crippen LogP contribution is 2.32. The number of aryl methyl sites for hydroxylation is 1. The number of nitrogens with zero attached hydrogens (tertiary/aromatic N) is 4. The van der Waals surface area contributed by atoms with Gasteiger partial charge < -0.3 is 24.3 Å². The quantitative estimate of drug-likeness (QED) is 0.819. The van der Waals surface area contributed by atoms with Crippen LogP contribution in [0.25, 0.3) is 0 Å². The van der Waals surface area contributed by atoms with Gasteiger partial charge >= 0.3 is 0 Å². The molecule has 144 valence electrons. The molecule has 27 heavy (non-hydrogen) atoms. The first kappa shape index (κ1) is 17.7. The third kappa shape index (κ3) is 4.00. The average molecular weight is 371 g/mol. The summed E-state index contributed by atoms with van der Waals surface area (Å²) in [4.78, 5) is 21.2. The summed E-state index contributed by atoms with van der Waals surface area (Å²) in [5.41, 5.74) is 1.00. The van der Waals surface area contributed by atoms with Gasteiger partial charge in [-0.1, -0.05) is 6.07 Å². The van der Waals surface area contributed by atoms with Crippen LogP contribution in [0.5, 0.6) is 11.5 Å². The molecule has 0 unspecified atom stereocenters. The van der Waals surface area contributed by atoms with Gasteiger partial charge in [0.25, 0.3) is 0 Å². The minimum absolute atomic E-state index is 0.0381. The summed E-state index contributed by atoms with van der Waals surface area (Å²) in [6.07, 6.45) is 3.85. The van der Waals surface area contributed by atoms with Crippen LogP contribution in [-0.2, 0) is 17.9 Å². The molecule has 1 amide bonds. The molecule has 1 aromatic heterocycles. The Morgan fingerprint density at radius 1 is 1.19 bits per heavy atom. The van der Waals surface area contributed by atoms with E-state index in [0.29, 0.717) is 13.1 Å². The lowest BCUT2D eigenvalue weighted by Crippen LogP contribution is -2.50. The van der Waals surface area contributed by atoms with E-state index in [0.717, 1.165) is 55.7 Å². The van der Waals surface area contributed by atoms with Crippen molar-refractivity contribution in [2.24, 2.45) is 0 Å². The second-order valence-electron chi connectivity index (χ2n) is 6.74. The van der Waals surface area contributed by atoms with Gasteiger partial charge in [0.15, 0.2) is 11.5 Å². The number of fused-ring (bicyclic) bond motifs is 1. The van der Waals surface area contributed by atoms with Crippen molar-refractivity contribution in [3.8, 4) is 11.5 Å². The minimum atomic E-state index is 0.0381. The lowest BCUT2D eigenvalue weighted by molar-refractivity contribution is -0.122. The molecule has 1 fully saturated rings. The molecule has 4 rings (SSSR count). The largest absolute Gasteiger partial charge is 0.454 e. The number of aromatic nitrogens is 2. The lowest BCUT2D eigenvalue weighted by atomic mass is 10.2. The van der Waals surface area contributed by atoms with Crippen molar-refractivity contribution >= 4 is 11.9 Å². The Hall–Kier alpha value is -2.74. The minimum Gasteiger partial charge on any atom is -0.454 e. The summed E-state index contributed by atoms with van der Waals surface area (Å²) >= 11 is 0. The Kier molecular flexibility index (Phi) is 5.15. The van der Waals surface area contributed by atoms with Crippen molar-refractivity contribution in [2.75, 3.05) is 44.4 Å². The Labute approximate surface area is 158 Å². The van der Waals surface area contributed by atoms with E-state index < -0.39 is 0 Å². The maximum Gasteiger partial charge on any atom is 0.234 e. The number of rotatable bonds is 6. The number of benzene rings is 1. The highest BCUT2D eigenvalue weighted by atomic mass is 16.7. The predicted octanol–water partition coefficient (Wildman–Crippen LogP) is 1.07. The Bertz CT molecular complexity index is 798. The SMILES string of the molecule is CCn1ccnc1N1CCN(CC(=O)NCc2ccc3c(c2)OCO3)CC1. The van der Waals surface area contributed by atoms with Gasteiger partial charge in [-0.15, -0.1) is 0 Å². The van der Waals surface area contributed by atoms with E-state index >= 15 is 0 Å². The molecular formula is C19H25N5O3. The number of anilines is 1. The molecule has 2 aromatic rings. The van der Waals surface area contributed by atoms with Gasteiger partial charge in [0, 0.05) is 51.7 Å². The van der Waals surface area contributed by atoms with E-state index in [4.69, 9.17) is 9.47 Å². The first-order valence-electron chi connectivity index (χ1n) is 9.36. The maximum atomic E-state index is 12.3. The second kappa shape index (κ2) is 7.87. The second-order valence-corrected chi connectivity index (χ2v) is 6.74. The van der Waals surface area contributed by atoms with Gasteiger partial charge in [-0.2, -0.15) is 0 Å². The standard InChI is InChI=1S/C19H25N5O3/c1-2-23-6-5-20-19(23)24-9-7-22(8-10-24)13-18(25)21-12-15-3-4-16-17(11-15)27-14-26-16/h3-6,11H,2,7-10,12-14H2,1H3,(H,21,25). The molecule has 1 saturated heterocycles. The van der Waals surface area contributed by atoms with Gasteiger partial charge in [0.1, 0.15) is 0 Å². The molecule has 2 aliphatic heterocycles. The number of ether oxygens (including phenoxy) is 2. The fourth-order valence-electron chi connectivity index (χ4n) is 3.45. The zero-order valence-corrected chi connectivity index (χ0v) is 15.6. The van der Waals surface area contributed by atoms with Crippen LogP contribution in [0.2, 0.25) is 0 Å². The van der Waals surface area contributed by atoms with Crippen molar-refractivity contribution in [1.29, 1.82) is 0 Å². The van der Waals surface area contributed by atoms with Crippen LogP contribution < -0.4 is 19.7 Å². The fraction of sp³-hybridized carbons (Fsp3) is 0.474. The summed E-state index contributed by atoms with van der Waals surface area (Å²) < 4.78 is 12.8. The van der Waals surface area contributed by atoms with Crippen LogP contribution in [0.4, 0.5) is 5.95 Å². The number of hydrogen-bond donors (Lipinski definition) is 1. The monoisotopic (exact) mass is 371 g/mol. The third-order valence-corrected chi connectivity index (χ3v) is 4.98. The summed E-state index contributed by atoms with van der Waals surface area (Å²) in [6.45, 7) is 7.67. The zero-order valence-electron chi connectivity index (χ0n) is 15.6. The molecule has 0 spiro atoms. The van der Waals surface area contributed by atoms with Crippen LogP contribution >= 0.6 is 0 Å². The van der Waals surface area contributed by atoms with Crippen molar-refractivity contribution in [1.82, 2.24) is 19.8 Å². The maximum absolute atomic E-state index is 12.3. The van der Waals surface area contributed by atoms with Gasteiger partial charge in [0.2, 0.25) is 18.6 Å². The molecule has 0 bridgehead atoms. The first-order valence-corrected chi connectivity index (χ1v) is 9.36. The van der Waals surface area contributed by atoms with Gasteiger partial charge in [-0.05, 0) is 24.6 Å². The number of carbonyl (C=O) groups is 1. The molecule has 0 saturated carbocycles. The average Bonchev–Trinajstić information content (AvgIpc) is 3.35. The van der Waals surface area contributed by atoms with E-state index in [-0.39, 0.29) is 12.7 Å². The van der Waals surface area contributed by atoms with Crippen molar-refractivity contribution in [3.05, 3.63) is 36.2 Å². The van der Waals surface area contributed by atoms with Crippen LogP contribution in [0.15, 0.2) is 30.6 Å². The summed E-state index contributed by atoms with van der Waals surface area (Å²) in [7, 11) is 0. The highest BCUT2D eigenvalue weighted by molar-refractivity contribution is 5.78. The molecule has 0 radical (unpaired) electrons.